The van der Waals surface area contributed by atoms with Crippen LogP contribution in [0.1, 0.15) is 11.7 Å². The van der Waals surface area contributed by atoms with Crippen molar-refractivity contribution in [2.75, 3.05) is 12.9 Å². The molecule has 1 atom stereocenters. The molecule has 0 radical (unpaired) electrons. The van der Waals surface area contributed by atoms with Gasteiger partial charge in [-0.15, -0.1) is 0 Å². The number of hydrogen-bond acceptors (Lipinski definition) is 4. The molecule has 20 heavy (non-hydrogen) atoms. The number of aliphatic hydroxyl groups excluding tert-OH is 1. The zero-order valence-electron chi connectivity index (χ0n) is 11.1. The van der Waals surface area contributed by atoms with Crippen molar-refractivity contribution in [3.8, 4) is 5.75 Å². The third kappa shape index (κ3) is 3.37. The molecule has 2 aromatic rings. The molecule has 5 heteroatoms. The minimum absolute atomic E-state index is 0.210. The van der Waals surface area contributed by atoms with Crippen molar-refractivity contribution in [3.05, 3.63) is 60.2 Å². The van der Waals surface area contributed by atoms with E-state index in [1.54, 1.807) is 42.5 Å². The molecule has 0 saturated carbocycles. The van der Waals surface area contributed by atoms with Gasteiger partial charge in [-0.1, -0.05) is 30.3 Å². The summed E-state index contributed by atoms with van der Waals surface area (Å²) in [6.07, 6.45) is -1.09. The lowest BCUT2D eigenvalue weighted by Crippen LogP contribution is -2.14. The van der Waals surface area contributed by atoms with Gasteiger partial charge in [-0.05, 0) is 29.8 Å². The largest absolute Gasteiger partial charge is 0.497 e. The first-order chi connectivity index (χ1) is 9.53. The average molecular weight is 292 g/mol. The van der Waals surface area contributed by atoms with E-state index in [9.17, 15) is 13.5 Å². The molecule has 0 saturated heterocycles. The van der Waals surface area contributed by atoms with Crippen LogP contribution in [0.2, 0.25) is 0 Å². The third-order valence-corrected chi connectivity index (χ3v) is 4.70. The number of sulfone groups is 1. The average Bonchev–Trinajstić information content (AvgIpc) is 2.48. The summed E-state index contributed by atoms with van der Waals surface area (Å²) in [5.74, 6) is 0.225. The normalized spacial score (nSPS) is 12.9. The molecule has 0 heterocycles. The van der Waals surface area contributed by atoms with Gasteiger partial charge in [-0.2, -0.15) is 0 Å². The molecule has 0 aliphatic heterocycles. The molecule has 4 nitrogen and oxygen atoms in total. The highest BCUT2D eigenvalue weighted by Crippen LogP contribution is 2.22. The lowest BCUT2D eigenvalue weighted by atomic mass is 10.1. The zero-order valence-corrected chi connectivity index (χ0v) is 11.9. The van der Waals surface area contributed by atoms with Crippen molar-refractivity contribution in [1.82, 2.24) is 0 Å². The Morgan fingerprint density at radius 2 is 1.80 bits per heavy atom. The van der Waals surface area contributed by atoms with Crippen molar-refractivity contribution >= 4 is 9.84 Å². The van der Waals surface area contributed by atoms with E-state index in [4.69, 9.17) is 4.74 Å². The number of rotatable bonds is 5. The molecule has 0 fully saturated rings. The molecule has 2 aromatic carbocycles. The van der Waals surface area contributed by atoms with Crippen LogP contribution in [0.15, 0.2) is 59.5 Å². The second-order valence-corrected chi connectivity index (χ2v) is 6.42. The molecule has 1 N–H and O–H groups in total. The van der Waals surface area contributed by atoms with E-state index in [1.807, 2.05) is 0 Å². The fraction of sp³-hybridized carbons (Fsp3) is 0.200. The fourth-order valence-electron chi connectivity index (χ4n) is 1.88. The van der Waals surface area contributed by atoms with Crippen molar-refractivity contribution in [2.24, 2.45) is 0 Å². The number of benzene rings is 2. The van der Waals surface area contributed by atoms with Gasteiger partial charge in [0.05, 0.1) is 23.9 Å². The standard InChI is InChI=1S/C15H16O4S/c1-19-13-7-5-6-12(10-13)15(16)11-20(17,18)14-8-3-2-4-9-14/h2-10,15-16H,11H2,1H3. The van der Waals surface area contributed by atoms with Crippen molar-refractivity contribution < 1.29 is 18.3 Å². The molecule has 0 aliphatic carbocycles. The zero-order chi connectivity index (χ0) is 14.6. The molecule has 0 aliphatic rings. The lowest BCUT2D eigenvalue weighted by molar-refractivity contribution is 0.201. The van der Waals surface area contributed by atoms with Crippen LogP contribution in [0.5, 0.6) is 5.75 Å². The maximum atomic E-state index is 12.2. The molecule has 0 amide bonds. The van der Waals surface area contributed by atoms with Gasteiger partial charge in [0, 0.05) is 0 Å². The maximum absolute atomic E-state index is 12.2. The van der Waals surface area contributed by atoms with Crippen LogP contribution in [0.4, 0.5) is 0 Å². The Balaban J connectivity index is 2.21. The summed E-state index contributed by atoms with van der Waals surface area (Å²) in [5, 5.41) is 10.1. The summed E-state index contributed by atoms with van der Waals surface area (Å²) in [4.78, 5) is 0.210. The highest BCUT2D eigenvalue weighted by Gasteiger charge is 2.20. The number of aliphatic hydroxyl groups is 1. The monoisotopic (exact) mass is 292 g/mol. The SMILES string of the molecule is COc1cccc(C(O)CS(=O)(=O)c2ccccc2)c1. The van der Waals surface area contributed by atoms with Crippen LogP contribution in [0.3, 0.4) is 0 Å². The Kier molecular flexibility index (Phi) is 4.42. The van der Waals surface area contributed by atoms with E-state index >= 15 is 0 Å². The smallest absolute Gasteiger partial charge is 0.181 e. The van der Waals surface area contributed by atoms with Crippen LogP contribution >= 0.6 is 0 Å². The Labute approximate surface area is 118 Å². The molecule has 0 aromatic heterocycles. The Morgan fingerprint density at radius 3 is 2.45 bits per heavy atom. The number of hydrogen-bond donors (Lipinski definition) is 1. The maximum Gasteiger partial charge on any atom is 0.181 e. The topological polar surface area (TPSA) is 63.6 Å². The van der Waals surface area contributed by atoms with Crippen LogP contribution in [-0.4, -0.2) is 26.4 Å². The Hall–Kier alpha value is -1.85. The molecule has 0 spiro atoms. The minimum atomic E-state index is -3.52. The second kappa shape index (κ2) is 6.07. The summed E-state index contributed by atoms with van der Waals surface area (Å²) in [6.45, 7) is 0. The number of methoxy groups -OCH3 is 1. The molecular formula is C15H16O4S. The third-order valence-electron chi connectivity index (χ3n) is 2.96. The Morgan fingerprint density at radius 1 is 1.10 bits per heavy atom. The quantitative estimate of drug-likeness (QED) is 0.917. The molecule has 0 bridgehead atoms. The van der Waals surface area contributed by atoms with E-state index in [2.05, 4.69) is 0 Å². The van der Waals surface area contributed by atoms with Gasteiger partial charge >= 0.3 is 0 Å². The van der Waals surface area contributed by atoms with Gasteiger partial charge in [0.15, 0.2) is 9.84 Å². The summed E-state index contributed by atoms with van der Waals surface area (Å²) in [5.41, 5.74) is 0.517. The molecule has 1 unspecified atom stereocenters. The van der Waals surface area contributed by atoms with Gasteiger partial charge in [-0.25, -0.2) is 8.42 Å². The van der Waals surface area contributed by atoms with E-state index in [1.165, 1.54) is 19.2 Å². The first kappa shape index (κ1) is 14.6. The van der Waals surface area contributed by atoms with Crippen LogP contribution < -0.4 is 4.74 Å². The summed E-state index contributed by atoms with van der Waals surface area (Å²) >= 11 is 0. The summed E-state index contributed by atoms with van der Waals surface area (Å²) < 4.78 is 29.4. The van der Waals surface area contributed by atoms with Gasteiger partial charge in [-0.3, -0.25) is 0 Å². The summed E-state index contributed by atoms with van der Waals surface area (Å²) in [6, 6.07) is 14.9. The molecular weight excluding hydrogens is 276 g/mol. The highest BCUT2D eigenvalue weighted by molar-refractivity contribution is 7.91. The first-order valence-electron chi connectivity index (χ1n) is 6.13. The van der Waals surface area contributed by atoms with E-state index in [-0.39, 0.29) is 10.6 Å². The first-order valence-corrected chi connectivity index (χ1v) is 7.78. The lowest BCUT2D eigenvalue weighted by Gasteiger charge is -2.12. The number of ether oxygens (including phenoxy) is 1. The van der Waals surface area contributed by atoms with Gasteiger partial charge < -0.3 is 9.84 Å². The second-order valence-electron chi connectivity index (χ2n) is 4.39. The van der Waals surface area contributed by atoms with Crippen LogP contribution in [0, 0.1) is 0 Å². The van der Waals surface area contributed by atoms with Crippen molar-refractivity contribution in [3.63, 3.8) is 0 Å². The van der Waals surface area contributed by atoms with E-state index in [0.29, 0.717) is 11.3 Å². The molecule has 106 valence electrons. The fourth-order valence-corrected chi connectivity index (χ4v) is 3.25. The molecule has 2 rings (SSSR count). The predicted octanol–water partition coefficient (Wildman–Crippen LogP) is 2.20. The minimum Gasteiger partial charge on any atom is -0.497 e. The van der Waals surface area contributed by atoms with E-state index in [0.717, 1.165) is 0 Å². The summed E-state index contributed by atoms with van der Waals surface area (Å²) in [7, 11) is -2.00. The van der Waals surface area contributed by atoms with Gasteiger partial charge in [0.25, 0.3) is 0 Å². The van der Waals surface area contributed by atoms with Gasteiger partial charge in [0.2, 0.25) is 0 Å². The predicted molar refractivity (Wildman–Crippen MR) is 76.4 cm³/mol. The van der Waals surface area contributed by atoms with Gasteiger partial charge in [0.1, 0.15) is 5.75 Å². The van der Waals surface area contributed by atoms with Crippen molar-refractivity contribution in [1.29, 1.82) is 0 Å². The van der Waals surface area contributed by atoms with Crippen LogP contribution in [-0.2, 0) is 9.84 Å². The Bertz CT molecular complexity index is 665. The highest BCUT2D eigenvalue weighted by atomic mass is 32.2. The van der Waals surface area contributed by atoms with Crippen LogP contribution in [0.25, 0.3) is 0 Å². The van der Waals surface area contributed by atoms with E-state index < -0.39 is 15.9 Å². The van der Waals surface area contributed by atoms with Crippen molar-refractivity contribution in [2.45, 2.75) is 11.0 Å².